The molecule has 2 aromatic carbocycles. The van der Waals surface area contributed by atoms with Gasteiger partial charge in [-0.3, -0.25) is 10.1 Å². The van der Waals surface area contributed by atoms with Gasteiger partial charge in [0.2, 0.25) is 11.8 Å². The highest BCUT2D eigenvalue weighted by molar-refractivity contribution is 7.91. The van der Waals surface area contributed by atoms with E-state index >= 15 is 0 Å². The fourth-order valence-electron chi connectivity index (χ4n) is 2.51. The number of carbonyl (C=O) groups excluding carboxylic acids is 1. The van der Waals surface area contributed by atoms with Crippen LogP contribution in [0.2, 0.25) is 5.02 Å². The molecule has 0 saturated carbocycles. The summed E-state index contributed by atoms with van der Waals surface area (Å²) in [6.07, 6.45) is 0.647. The van der Waals surface area contributed by atoms with Crippen molar-refractivity contribution in [2.24, 2.45) is 0 Å². The molecule has 7 nitrogen and oxygen atoms in total. The summed E-state index contributed by atoms with van der Waals surface area (Å²) in [5.41, 5.74) is 1.01. The first kappa shape index (κ1) is 20.0. The summed E-state index contributed by atoms with van der Waals surface area (Å²) in [6, 6.07) is 15.5. The number of nitrogens with one attached hydrogen (secondary N) is 1. The summed E-state index contributed by atoms with van der Waals surface area (Å²) < 4.78 is 29.9. The molecule has 1 amide bonds. The number of hydrogen-bond donors (Lipinski definition) is 1. The zero-order valence-electron chi connectivity index (χ0n) is 14.8. The number of aromatic nitrogens is 2. The second kappa shape index (κ2) is 8.99. The van der Waals surface area contributed by atoms with E-state index in [9.17, 15) is 13.2 Å². The summed E-state index contributed by atoms with van der Waals surface area (Å²) in [4.78, 5) is 12.2. The molecule has 0 aliphatic carbocycles. The third-order valence-corrected chi connectivity index (χ3v) is 5.97. The number of anilines is 1. The Morgan fingerprint density at radius 3 is 2.46 bits per heavy atom. The van der Waals surface area contributed by atoms with Gasteiger partial charge in [-0.1, -0.05) is 47.0 Å². The van der Waals surface area contributed by atoms with Crippen molar-refractivity contribution in [3.8, 4) is 0 Å². The molecule has 1 heterocycles. The summed E-state index contributed by atoms with van der Waals surface area (Å²) in [6.45, 7) is 0. The molecule has 3 rings (SSSR count). The number of benzene rings is 2. The maximum absolute atomic E-state index is 12.2. The summed E-state index contributed by atoms with van der Waals surface area (Å²) in [5, 5.41) is 10.6. The first-order valence-electron chi connectivity index (χ1n) is 8.57. The van der Waals surface area contributed by atoms with E-state index in [2.05, 4.69) is 15.5 Å². The molecule has 0 unspecified atom stereocenters. The van der Waals surface area contributed by atoms with Gasteiger partial charge in [-0.05, 0) is 36.2 Å². The van der Waals surface area contributed by atoms with Crippen LogP contribution in [-0.2, 0) is 21.1 Å². The number of halogens is 1. The van der Waals surface area contributed by atoms with Crippen LogP contribution in [-0.4, -0.2) is 30.3 Å². The molecule has 1 N–H and O–H groups in total. The molecule has 0 atom stereocenters. The normalized spacial score (nSPS) is 11.3. The van der Waals surface area contributed by atoms with E-state index in [1.165, 1.54) is 24.3 Å². The van der Waals surface area contributed by atoms with E-state index in [1.54, 1.807) is 0 Å². The molecule has 146 valence electrons. The summed E-state index contributed by atoms with van der Waals surface area (Å²) in [7, 11) is -3.47. The number of nitrogens with zero attached hydrogens (tertiary/aromatic N) is 2. The summed E-state index contributed by atoms with van der Waals surface area (Å²) >= 11 is 5.76. The topological polar surface area (TPSA) is 102 Å². The van der Waals surface area contributed by atoms with Gasteiger partial charge in [0.05, 0.1) is 17.1 Å². The number of carbonyl (C=O) groups is 1. The molecule has 0 spiro atoms. The van der Waals surface area contributed by atoms with Crippen molar-refractivity contribution < 1.29 is 17.6 Å². The smallest absolute Gasteiger partial charge is 0.322 e. The molecule has 28 heavy (non-hydrogen) atoms. The van der Waals surface area contributed by atoms with Crippen molar-refractivity contribution in [1.29, 1.82) is 0 Å². The van der Waals surface area contributed by atoms with Gasteiger partial charge in [0, 0.05) is 11.4 Å². The Morgan fingerprint density at radius 1 is 1.04 bits per heavy atom. The van der Waals surface area contributed by atoms with Gasteiger partial charge >= 0.3 is 6.01 Å². The molecular formula is C19H18ClN3O4S. The lowest BCUT2D eigenvalue weighted by Gasteiger charge is -2.04. The van der Waals surface area contributed by atoms with Crippen LogP contribution in [0.25, 0.3) is 0 Å². The molecule has 0 aliphatic heterocycles. The predicted octanol–water partition coefficient (Wildman–Crippen LogP) is 3.51. The Hall–Kier alpha value is -2.71. The maximum Gasteiger partial charge on any atom is 0.322 e. The van der Waals surface area contributed by atoms with Gasteiger partial charge in [0.1, 0.15) is 0 Å². The van der Waals surface area contributed by atoms with Crippen molar-refractivity contribution in [3.63, 3.8) is 0 Å². The molecule has 0 radical (unpaired) electrons. The van der Waals surface area contributed by atoms with E-state index < -0.39 is 9.84 Å². The molecule has 0 bridgehead atoms. The second-order valence-corrected chi connectivity index (χ2v) is 8.63. The molecule has 9 heteroatoms. The van der Waals surface area contributed by atoms with Crippen molar-refractivity contribution in [2.75, 3.05) is 11.1 Å². The van der Waals surface area contributed by atoms with E-state index in [0.29, 0.717) is 17.3 Å². The molecule has 0 aliphatic rings. The maximum atomic E-state index is 12.2. The minimum absolute atomic E-state index is 0.00325. The van der Waals surface area contributed by atoms with Gasteiger partial charge in [-0.15, -0.1) is 5.10 Å². The van der Waals surface area contributed by atoms with Crippen LogP contribution in [0.5, 0.6) is 0 Å². The van der Waals surface area contributed by atoms with Crippen LogP contribution in [0, 0.1) is 0 Å². The van der Waals surface area contributed by atoms with E-state index in [4.69, 9.17) is 16.0 Å². The lowest BCUT2D eigenvalue weighted by molar-refractivity contribution is -0.116. The van der Waals surface area contributed by atoms with Crippen molar-refractivity contribution in [2.45, 2.75) is 24.2 Å². The van der Waals surface area contributed by atoms with Crippen LogP contribution >= 0.6 is 11.6 Å². The highest BCUT2D eigenvalue weighted by Gasteiger charge is 2.16. The zero-order valence-corrected chi connectivity index (χ0v) is 16.4. The largest absolute Gasteiger partial charge is 0.407 e. The van der Waals surface area contributed by atoms with E-state index in [-0.39, 0.29) is 35.4 Å². The van der Waals surface area contributed by atoms with Crippen LogP contribution in [0.1, 0.15) is 24.3 Å². The Morgan fingerprint density at radius 2 is 1.75 bits per heavy atom. The Balaban J connectivity index is 1.47. The monoisotopic (exact) mass is 419 g/mol. The molecule has 0 fully saturated rings. The van der Waals surface area contributed by atoms with Crippen molar-refractivity contribution >= 4 is 33.4 Å². The first-order chi connectivity index (χ1) is 13.4. The van der Waals surface area contributed by atoms with Gasteiger partial charge in [0.15, 0.2) is 9.84 Å². The van der Waals surface area contributed by atoms with Gasteiger partial charge in [-0.25, -0.2) is 8.42 Å². The molecular weight excluding hydrogens is 402 g/mol. The zero-order chi connectivity index (χ0) is 20.0. The third kappa shape index (κ3) is 5.64. The fourth-order valence-corrected chi connectivity index (χ4v) is 3.95. The molecule has 3 aromatic rings. The van der Waals surface area contributed by atoms with Crippen LogP contribution in [0.4, 0.5) is 6.01 Å². The minimum Gasteiger partial charge on any atom is -0.407 e. The summed E-state index contributed by atoms with van der Waals surface area (Å²) in [5.74, 6) is -0.154. The van der Waals surface area contributed by atoms with Crippen LogP contribution in [0.3, 0.4) is 0 Å². The SMILES string of the molecule is O=C(CCCS(=O)(=O)c1ccc(Cl)cc1)Nc1nnc(Cc2ccccc2)o1. The number of hydrogen-bond acceptors (Lipinski definition) is 6. The Bertz CT molecular complexity index is 1030. The van der Waals surface area contributed by atoms with Gasteiger partial charge in [-0.2, -0.15) is 0 Å². The highest BCUT2D eigenvalue weighted by Crippen LogP contribution is 2.17. The van der Waals surface area contributed by atoms with Gasteiger partial charge < -0.3 is 4.42 Å². The number of sulfone groups is 1. The standard InChI is InChI=1S/C19H18ClN3O4S/c20-15-8-10-16(11-9-15)28(25,26)12-4-7-17(24)21-19-23-22-18(27-19)13-14-5-2-1-3-6-14/h1-3,5-6,8-11H,4,7,12-13H2,(H,21,23,24). The predicted molar refractivity (Wildman–Crippen MR) is 105 cm³/mol. The van der Waals surface area contributed by atoms with E-state index in [0.717, 1.165) is 5.56 Å². The van der Waals surface area contributed by atoms with Crippen LogP contribution < -0.4 is 5.32 Å². The lowest BCUT2D eigenvalue weighted by atomic mass is 10.2. The average Bonchev–Trinajstić information content (AvgIpc) is 3.09. The van der Waals surface area contributed by atoms with Gasteiger partial charge in [0.25, 0.3) is 0 Å². The second-order valence-electron chi connectivity index (χ2n) is 6.09. The average molecular weight is 420 g/mol. The first-order valence-corrected chi connectivity index (χ1v) is 10.6. The van der Waals surface area contributed by atoms with Crippen molar-refractivity contribution in [3.05, 3.63) is 71.1 Å². The van der Waals surface area contributed by atoms with E-state index in [1.807, 2.05) is 30.3 Å². The highest BCUT2D eigenvalue weighted by atomic mass is 35.5. The quantitative estimate of drug-likeness (QED) is 0.599. The lowest BCUT2D eigenvalue weighted by Crippen LogP contribution is -2.14. The Labute approximate surface area is 167 Å². The van der Waals surface area contributed by atoms with Crippen molar-refractivity contribution in [1.82, 2.24) is 10.2 Å². The van der Waals surface area contributed by atoms with Crippen LogP contribution in [0.15, 0.2) is 63.9 Å². The fraction of sp³-hybridized carbons (Fsp3) is 0.211. The molecule has 0 saturated heterocycles. The molecule has 1 aromatic heterocycles. The third-order valence-electron chi connectivity index (χ3n) is 3.90. The number of rotatable bonds is 8. The number of amides is 1. The Kier molecular flexibility index (Phi) is 6.43. The minimum atomic E-state index is -3.47.